The van der Waals surface area contributed by atoms with Gasteiger partial charge in [0.2, 0.25) is 0 Å². The Kier molecular flexibility index (Phi) is 4.31. The highest BCUT2D eigenvalue weighted by Crippen LogP contribution is 2.38. The van der Waals surface area contributed by atoms with E-state index in [-0.39, 0.29) is 0 Å². The van der Waals surface area contributed by atoms with Gasteiger partial charge in [-0.1, -0.05) is 54.6 Å². The molecule has 0 fully saturated rings. The fourth-order valence-corrected chi connectivity index (χ4v) is 4.93. The van der Waals surface area contributed by atoms with Crippen molar-refractivity contribution in [2.24, 2.45) is 0 Å². The Morgan fingerprint density at radius 3 is 2.50 bits per heavy atom. The number of nitrogens with zero attached hydrogens (tertiary/aromatic N) is 3. The number of nitriles is 1. The van der Waals surface area contributed by atoms with Crippen molar-refractivity contribution < 1.29 is 0 Å². The molecule has 0 N–H and O–H groups in total. The molecule has 0 saturated heterocycles. The fraction of sp³-hybridized carbons (Fsp3) is 0. The van der Waals surface area contributed by atoms with Crippen LogP contribution in [0.1, 0.15) is 5.56 Å². The molecule has 0 bridgehead atoms. The molecule has 0 aliphatic heterocycles. The summed E-state index contributed by atoms with van der Waals surface area (Å²) in [6.45, 7) is 0. The molecule has 0 radical (unpaired) electrons. The van der Waals surface area contributed by atoms with Crippen LogP contribution in [0.3, 0.4) is 0 Å². The Morgan fingerprint density at radius 1 is 0.812 bits per heavy atom. The second-order valence-corrected chi connectivity index (χ2v) is 8.60. The summed E-state index contributed by atoms with van der Waals surface area (Å²) in [5.74, 6) is 0. The molecule has 0 aliphatic rings. The predicted molar refractivity (Wildman–Crippen MR) is 134 cm³/mol. The molecule has 0 amide bonds. The van der Waals surface area contributed by atoms with Gasteiger partial charge in [0, 0.05) is 43.6 Å². The lowest BCUT2D eigenvalue weighted by molar-refractivity contribution is 1.17. The van der Waals surface area contributed by atoms with Crippen molar-refractivity contribution in [2.45, 2.75) is 0 Å². The van der Waals surface area contributed by atoms with Crippen molar-refractivity contribution in [2.75, 3.05) is 0 Å². The summed E-state index contributed by atoms with van der Waals surface area (Å²) < 4.78 is 3.06. The van der Waals surface area contributed by atoms with Gasteiger partial charge < -0.3 is 4.57 Å². The fourth-order valence-electron chi connectivity index (χ4n) is 4.47. The Morgan fingerprint density at radius 2 is 1.62 bits per heavy atom. The standard InChI is InChI=1S/C28H16BrN3/c29-25-15-21(13-12-19(25)16-30)32-27-11-4-2-7-23(27)24-9-5-8-22(28(24)32)20-14-18-6-1-3-10-26(18)31-17-20/h1-15,17H. The van der Waals surface area contributed by atoms with E-state index in [0.717, 1.165) is 43.2 Å². The van der Waals surface area contributed by atoms with Crippen LogP contribution in [-0.4, -0.2) is 9.55 Å². The van der Waals surface area contributed by atoms with Crippen LogP contribution in [0.2, 0.25) is 0 Å². The molecule has 0 atom stereocenters. The summed E-state index contributed by atoms with van der Waals surface area (Å²) in [5, 5.41) is 12.9. The molecule has 3 nitrogen and oxygen atoms in total. The lowest BCUT2D eigenvalue weighted by Gasteiger charge is -2.13. The van der Waals surface area contributed by atoms with Crippen LogP contribution < -0.4 is 0 Å². The van der Waals surface area contributed by atoms with E-state index in [4.69, 9.17) is 4.98 Å². The first-order chi connectivity index (χ1) is 15.7. The normalized spacial score (nSPS) is 11.2. The minimum absolute atomic E-state index is 0.619. The highest BCUT2D eigenvalue weighted by molar-refractivity contribution is 9.10. The minimum Gasteiger partial charge on any atom is -0.309 e. The van der Waals surface area contributed by atoms with E-state index < -0.39 is 0 Å². The first-order valence-corrected chi connectivity index (χ1v) is 11.1. The molecular weight excluding hydrogens is 458 g/mol. The smallest absolute Gasteiger partial charge is 0.100 e. The van der Waals surface area contributed by atoms with Crippen LogP contribution >= 0.6 is 15.9 Å². The quantitative estimate of drug-likeness (QED) is 0.259. The number of hydrogen-bond donors (Lipinski definition) is 0. The zero-order chi connectivity index (χ0) is 21.7. The van der Waals surface area contributed by atoms with E-state index in [9.17, 15) is 5.26 Å². The topological polar surface area (TPSA) is 41.6 Å². The summed E-state index contributed by atoms with van der Waals surface area (Å²) in [6.07, 6.45) is 1.95. The van der Waals surface area contributed by atoms with Gasteiger partial charge in [-0.05, 0) is 52.3 Å². The van der Waals surface area contributed by atoms with Gasteiger partial charge in [0.15, 0.2) is 0 Å². The van der Waals surface area contributed by atoms with E-state index in [2.05, 4.69) is 81.2 Å². The number of para-hydroxylation sites is 3. The number of pyridine rings is 1. The third kappa shape index (κ3) is 2.83. The highest BCUT2D eigenvalue weighted by atomic mass is 79.9. The molecule has 4 heteroatoms. The Labute approximate surface area is 193 Å². The maximum absolute atomic E-state index is 9.37. The number of aromatic nitrogens is 2. The van der Waals surface area contributed by atoms with Crippen molar-refractivity contribution >= 4 is 48.6 Å². The zero-order valence-electron chi connectivity index (χ0n) is 17.0. The van der Waals surface area contributed by atoms with E-state index in [0.29, 0.717) is 5.56 Å². The largest absolute Gasteiger partial charge is 0.309 e. The van der Waals surface area contributed by atoms with Gasteiger partial charge in [-0.25, -0.2) is 0 Å². The number of rotatable bonds is 2. The molecule has 0 aliphatic carbocycles. The van der Waals surface area contributed by atoms with Crippen LogP contribution in [0.25, 0.3) is 49.5 Å². The van der Waals surface area contributed by atoms with Gasteiger partial charge in [0.1, 0.15) is 6.07 Å². The highest BCUT2D eigenvalue weighted by Gasteiger charge is 2.17. The molecule has 0 unspecified atom stereocenters. The van der Waals surface area contributed by atoms with Gasteiger partial charge in [-0.2, -0.15) is 5.26 Å². The van der Waals surface area contributed by atoms with Crippen LogP contribution in [0, 0.1) is 11.3 Å². The summed E-state index contributed by atoms with van der Waals surface area (Å²) in [7, 11) is 0. The molecule has 6 rings (SSSR count). The van der Waals surface area contributed by atoms with Crippen LogP contribution in [-0.2, 0) is 0 Å². The third-order valence-corrected chi connectivity index (χ3v) is 6.58. The molecule has 0 spiro atoms. The number of benzene rings is 4. The second kappa shape index (κ2) is 7.33. The van der Waals surface area contributed by atoms with Crippen molar-refractivity contribution in [1.82, 2.24) is 9.55 Å². The molecule has 0 saturated carbocycles. The molecule has 2 heterocycles. The van der Waals surface area contributed by atoms with E-state index in [1.807, 2.05) is 42.6 Å². The van der Waals surface area contributed by atoms with Gasteiger partial charge >= 0.3 is 0 Å². The Hall–Kier alpha value is -3.94. The lowest BCUT2D eigenvalue weighted by atomic mass is 10.0. The van der Waals surface area contributed by atoms with Gasteiger partial charge in [-0.3, -0.25) is 4.98 Å². The summed E-state index contributed by atoms with van der Waals surface area (Å²) in [5.41, 5.74) is 7.06. The number of hydrogen-bond acceptors (Lipinski definition) is 2. The number of halogens is 1. The lowest BCUT2D eigenvalue weighted by Crippen LogP contribution is -1.96. The third-order valence-electron chi connectivity index (χ3n) is 5.93. The van der Waals surface area contributed by atoms with Gasteiger partial charge in [0.25, 0.3) is 0 Å². The van der Waals surface area contributed by atoms with Crippen molar-refractivity contribution in [1.29, 1.82) is 5.26 Å². The molecule has 4 aromatic carbocycles. The molecule has 6 aromatic rings. The van der Waals surface area contributed by atoms with Crippen molar-refractivity contribution in [3.8, 4) is 22.9 Å². The molecule has 150 valence electrons. The van der Waals surface area contributed by atoms with Crippen molar-refractivity contribution in [3.63, 3.8) is 0 Å². The predicted octanol–water partition coefficient (Wildman–Crippen LogP) is 7.63. The average Bonchev–Trinajstić information content (AvgIpc) is 3.18. The Bertz CT molecular complexity index is 1710. The molecule has 2 aromatic heterocycles. The maximum Gasteiger partial charge on any atom is 0.100 e. The first-order valence-electron chi connectivity index (χ1n) is 10.3. The monoisotopic (exact) mass is 473 g/mol. The second-order valence-electron chi connectivity index (χ2n) is 7.75. The summed E-state index contributed by atoms with van der Waals surface area (Å²) in [4.78, 5) is 4.70. The van der Waals surface area contributed by atoms with E-state index in [1.54, 1.807) is 0 Å². The van der Waals surface area contributed by atoms with Gasteiger partial charge in [0.05, 0.1) is 22.1 Å². The van der Waals surface area contributed by atoms with Crippen LogP contribution in [0.5, 0.6) is 0 Å². The van der Waals surface area contributed by atoms with Crippen LogP contribution in [0.4, 0.5) is 0 Å². The molecule has 32 heavy (non-hydrogen) atoms. The first kappa shape index (κ1) is 18.8. The zero-order valence-corrected chi connectivity index (χ0v) is 18.5. The Balaban J connectivity index is 1.73. The summed E-state index contributed by atoms with van der Waals surface area (Å²) in [6, 6.07) is 33.4. The van der Waals surface area contributed by atoms with E-state index in [1.165, 1.54) is 10.8 Å². The van der Waals surface area contributed by atoms with E-state index >= 15 is 0 Å². The SMILES string of the molecule is N#Cc1ccc(-n2c3ccccc3c3cccc(-c4cnc5ccccc5c4)c32)cc1Br. The minimum atomic E-state index is 0.619. The van der Waals surface area contributed by atoms with Crippen molar-refractivity contribution in [3.05, 3.63) is 107 Å². The summed E-state index contributed by atoms with van der Waals surface area (Å²) >= 11 is 3.57. The number of fused-ring (bicyclic) bond motifs is 4. The maximum atomic E-state index is 9.37. The molecular formula is C28H16BrN3. The van der Waals surface area contributed by atoms with Crippen LogP contribution in [0.15, 0.2) is 102 Å². The average molecular weight is 474 g/mol. The van der Waals surface area contributed by atoms with Gasteiger partial charge in [-0.15, -0.1) is 0 Å².